The number of benzene rings is 4. The lowest BCUT2D eigenvalue weighted by Gasteiger charge is -2.08. The fraction of sp³-hybridized carbons (Fsp3) is 0.267. The van der Waals surface area contributed by atoms with Gasteiger partial charge in [-0.15, -0.1) is 0 Å². The van der Waals surface area contributed by atoms with Crippen LogP contribution in [0.2, 0.25) is 0 Å². The Morgan fingerprint density at radius 3 is 0.833 bits per heavy atom. The monoisotopic (exact) mass is 394 g/mol. The molecule has 0 atom stereocenters. The van der Waals surface area contributed by atoms with Gasteiger partial charge in [0.15, 0.2) is 0 Å². The quantitative estimate of drug-likeness (QED) is 0.303. The molecule has 0 saturated heterocycles. The zero-order chi connectivity index (χ0) is 22.0. The first-order valence-corrected chi connectivity index (χ1v) is 10.8. The van der Waals surface area contributed by atoms with Gasteiger partial charge in [-0.05, 0) is 122 Å². The van der Waals surface area contributed by atoms with Crippen molar-refractivity contribution in [2.75, 3.05) is 0 Å². The Balaban J connectivity index is 0.000000172. The van der Waals surface area contributed by atoms with Crippen molar-refractivity contribution in [3.8, 4) is 11.1 Å². The molecule has 0 N–H and O–H groups in total. The summed E-state index contributed by atoms with van der Waals surface area (Å²) >= 11 is 0. The molecule has 0 heteroatoms. The van der Waals surface area contributed by atoms with Gasteiger partial charge in [-0.2, -0.15) is 0 Å². The lowest BCUT2D eigenvalue weighted by Crippen LogP contribution is -1.86. The molecule has 4 aromatic carbocycles. The van der Waals surface area contributed by atoms with Gasteiger partial charge in [0.1, 0.15) is 0 Å². The van der Waals surface area contributed by atoms with E-state index < -0.39 is 0 Å². The van der Waals surface area contributed by atoms with Crippen molar-refractivity contribution in [2.24, 2.45) is 0 Å². The molecule has 154 valence electrons. The van der Waals surface area contributed by atoms with Crippen LogP contribution in [0.1, 0.15) is 44.5 Å². The van der Waals surface area contributed by atoms with E-state index in [1.54, 1.807) is 0 Å². The number of hydrogen-bond acceptors (Lipinski definition) is 0. The molecule has 0 nitrogen and oxygen atoms in total. The van der Waals surface area contributed by atoms with Crippen molar-refractivity contribution in [1.29, 1.82) is 0 Å². The lowest BCUT2D eigenvalue weighted by atomic mass is 9.98. The van der Waals surface area contributed by atoms with Crippen LogP contribution in [0.15, 0.2) is 60.7 Å². The van der Waals surface area contributed by atoms with E-state index in [4.69, 9.17) is 0 Å². The molecule has 0 saturated carbocycles. The maximum atomic E-state index is 2.27. The second-order valence-electron chi connectivity index (χ2n) is 8.82. The first-order valence-electron chi connectivity index (χ1n) is 10.8. The SMILES string of the molecule is Cc1cc2cc(C)c(C)cc2cc1C.Cc1ccc(-c2ccc(C)c(C)c2)cc1C. The number of rotatable bonds is 1. The molecule has 0 fully saturated rings. The predicted molar refractivity (Wildman–Crippen MR) is 134 cm³/mol. The zero-order valence-electron chi connectivity index (χ0n) is 19.8. The highest BCUT2D eigenvalue weighted by molar-refractivity contribution is 5.85. The normalized spacial score (nSPS) is 10.7. The summed E-state index contributed by atoms with van der Waals surface area (Å²) in [6.07, 6.45) is 0. The molecule has 0 heterocycles. The summed E-state index contributed by atoms with van der Waals surface area (Å²) in [7, 11) is 0. The van der Waals surface area contributed by atoms with Crippen LogP contribution in [0.25, 0.3) is 21.9 Å². The minimum absolute atomic E-state index is 1.31. The van der Waals surface area contributed by atoms with Crippen LogP contribution in [0, 0.1) is 55.4 Å². The van der Waals surface area contributed by atoms with Crippen molar-refractivity contribution in [3.63, 3.8) is 0 Å². The fourth-order valence-electron chi connectivity index (χ4n) is 3.65. The van der Waals surface area contributed by atoms with Gasteiger partial charge in [0.05, 0.1) is 0 Å². The Labute approximate surface area is 182 Å². The van der Waals surface area contributed by atoms with Crippen LogP contribution in [-0.2, 0) is 0 Å². The Morgan fingerprint density at radius 2 is 0.567 bits per heavy atom. The van der Waals surface area contributed by atoms with Crippen LogP contribution in [-0.4, -0.2) is 0 Å². The molecular weight excluding hydrogens is 360 g/mol. The smallest absolute Gasteiger partial charge is 0.0178 e. The van der Waals surface area contributed by atoms with Crippen molar-refractivity contribution >= 4 is 10.8 Å². The first kappa shape index (κ1) is 21.8. The van der Waals surface area contributed by atoms with Gasteiger partial charge in [0, 0.05) is 0 Å². The lowest BCUT2D eigenvalue weighted by molar-refractivity contribution is 1.32. The maximum absolute atomic E-state index is 2.27. The standard InChI is InChI=1S/C16H18.C14H16/c1-11-5-7-15(9-13(11)3)16-8-6-12(2)14(4)10-16;1-9-5-13-7-11(3)12(4)8-14(13)6-10(9)2/h5-10H,1-4H3;5-8H,1-4H3. The summed E-state index contributed by atoms with van der Waals surface area (Å²) in [5.41, 5.74) is 13.5. The summed E-state index contributed by atoms with van der Waals surface area (Å²) in [4.78, 5) is 0. The van der Waals surface area contributed by atoms with Gasteiger partial charge in [-0.3, -0.25) is 0 Å². The van der Waals surface area contributed by atoms with E-state index in [2.05, 4.69) is 116 Å². The van der Waals surface area contributed by atoms with Crippen LogP contribution in [0.5, 0.6) is 0 Å². The third-order valence-corrected chi connectivity index (χ3v) is 6.41. The molecule has 4 rings (SSSR count). The molecule has 4 aromatic rings. The molecule has 0 aliphatic carbocycles. The average molecular weight is 395 g/mol. The highest BCUT2D eigenvalue weighted by Crippen LogP contribution is 2.24. The van der Waals surface area contributed by atoms with E-state index in [0.29, 0.717) is 0 Å². The molecule has 0 aromatic heterocycles. The van der Waals surface area contributed by atoms with Crippen molar-refractivity contribution < 1.29 is 0 Å². The Morgan fingerprint density at radius 1 is 0.300 bits per heavy atom. The highest BCUT2D eigenvalue weighted by atomic mass is 14.1. The zero-order valence-corrected chi connectivity index (χ0v) is 19.8. The summed E-state index contributed by atoms with van der Waals surface area (Å²) in [5.74, 6) is 0. The van der Waals surface area contributed by atoms with E-state index in [1.165, 1.54) is 66.4 Å². The Hall–Kier alpha value is -2.86. The number of hydrogen-bond donors (Lipinski definition) is 0. The van der Waals surface area contributed by atoms with Gasteiger partial charge < -0.3 is 0 Å². The molecule has 0 unspecified atom stereocenters. The Bertz CT molecular complexity index is 1070. The van der Waals surface area contributed by atoms with E-state index in [1.807, 2.05) is 0 Å². The Kier molecular flexibility index (Phi) is 6.46. The molecule has 0 amide bonds. The van der Waals surface area contributed by atoms with Crippen molar-refractivity contribution in [1.82, 2.24) is 0 Å². The topological polar surface area (TPSA) is 0 Å². The predicted octanol–water partition coefficient (Wildman–Crippen LogP) is 8.66. The maximum Gasteiger partial charge on any atom is -0.0178 e. The molecule has 0 bridgehead atoms. The molecule has 0 spiro atoms. The van der Waals surface area contributed by atoms with E-state index in [9.17, 15) is 0 Å². The van der Waals surface area contributed by atoms with E-state index in [-0.39, 0.29) is 0 Å². The highest BCUT2D eigenvalue weighted by Gasteiger charge is 2.02. The minimum Gasteiger partial charge on any atom is -0.0584 e. The summed E-state index contributed by atoms with van der Waals surface area (Å²) in [6, 6.07) is 22.4. The molecule has 0 aliphatic heterocycles. The number of aryl methyl sites for hydroxylation is 8. The van der Waals surface area contributed by atoms with E-state index in [0.717, 1.165) is 0 Å². The molecule has 0 aliphatic rings. The van der Waals surface area contributed by atoms with Gasteiger partial charge in [0.2, 0.25) is 0 Å². The summed E-state index contributed by atoms with van der Waals surface area (Å²) in [6.45, 7) is 17.3. The molecular formula is C30H34. The minimum atomic E-state index is 1.31. The van der Waals surface area contributed by atoms with Crippen LogP contribution in [0.4, 0.5) is 0 Å². The van der Waals surface area contributed by atoms with Gasteiger partial charge in [0.25, 0.3) is 0 Å². The molecule has 0 radical (unpaired) electrons. The van der Waals surface area contributed by atoms with Crippen molar-refractivity contribution in [3.05, 3.63) is 105 Å². The van der Waals surface area contributed by atoms with Crippen LogP contribution >= 0.6 is 0 Å². The largest absolute Gasteiger partial charge is 0.0584 e. The van der Waals surface area contributed by atoms with E-state index >= 15 is 0 Å². The molecule has 30 heavy (non-hydrogen) atoms. The average Bonchev–Trinajstić information content (AvgIpc) is 2.69. The third kappa shape index (κ3) is 4.82. The summed E-state index contributed by atoms with van der Waals surface area (Å²) in [5, 5.41) is 2.72. The third-order valence-electron chi connectivity index (χ3n) is 6.41. The second kappa shape index (κ2) is 8.88. The van der Waals surface area contributed by atoms with Gasteiger partial charge >= 0.3 is 0 Å². The first-order chi connectivity index (χ1) is 14.2. The van der Waals surface area contributed by atoms with Gasteiger partial charge in [-0.25, -0.2) is 0 Å². The second-order valence-corrected chi connectivity index (χ2v) is 8.82. The van der Waals surface area contributed by atoms with Crippen molar-refractivity contribution in [2.45, 2.75) is 55.4 Å². The van der Waals surface area contributed by atoms with Crippen LogP contribution < -0.4 is 0 Å². The number of fused-ring (bicyclic) bond motifs is 1. The fourth-order valence-corrected chi connectivity index (χ4v) is 3.65. The summed E-state index contributed by atoms with van der Waals surface area (Å²) < 4.78 is 0. The van der Waals surface area contributed by atoms with Crippen LogP contribution in [0.3, 0.4) is 0 Å². The van der Waals surface area contributed by atoms with Gasteiger partial charge in [-0.1, -0.05) is 60.7 Å².